The van der Waals surface area contributed by atoms with Gasteiger partial charge in [-0.2, -0.15) is 0 Å². The number of unbranched alkanes of at least 4 members (excludes halogenated alkanes) is 1. The average molecular weight is 508 g/mol. The van der Waals surface area contributed by atoms with Crippen molar-refractivity contribution in [2.24, 2.45) is 17.4 Å². The molecule has 0 saturated heterocycles. The van der Waals surface area contributed by atoms with E-state index in [1.807, 2.05) is 30.3 Å². The number of carboxylic acids is 1. The van der Waals surface area contributed by atoms with Crippen LogP contribution in [-0.4, -0.2) is 70.7 Å². The van der Waals surface area contributed by atoms with Crippen LogP contribution in [-0.2, 0) is 25.6 Å². The Kier molecular flexibility index (Phi) is 13.7. The molecule has 0 spiro atoms. The first kappa shape index (κ1) is 31.0. The van der Waals surface area contributed by atoms with E-state index >= 15 is 0 Å². The van der Waals surface area contributed by atoms with Crippen molar-refractivity contribution in [2.75, 3.05) is 6.54 Å². The molecule has 0 aliphatic rings. The number of nitrogens with two attached hydrogens (primary N) is 2. The lowest BCUT2D eigenvalue weighted by Crippen LogP contribution is -2.60. The minimum atomic E-state index is -1.42. The first-order valence-electron chi connectivity index (χ1n) is 12.3. The molecule has 11 heteroatoms. The van der Waals surface area contributed by atoms with Crippen LogP contribution in [0.5, 0.6) is 0 Å². The molecule has 0 aliphatic heterocycles. The van der Waals surface area contributed by atoms with Crippen LogP contribution in [0.25, 0.3) is 0 Å². The van der Waals surface area contributed by atoms with Crippen molar-refractivity contribution < 1.29 is 29.4 Å². The number of hydrogen-bond donors (Lipinski definition) is 7. The van der Waals surface area contributed by atoms with Gasteiger partial charge in [-0.3, -0.25) is 14.4 Å². The highest BCUT2D eigenvalue weighted by atomic mass is 16.4. The third-order valence-electron chi connectivity index (χ3n) is 6.05. The molecule has 1 aromatic carbocycles. The number of rotatable bonds is 16. The SMILES string of the molecule is CCC(C)C(NC(=O)C(NC(=O)C(CCCCN)NC(=O)C(N)Cc1ccccc1)C(C)O)C(=O)O. The molecule has 11 nitrogen and oxygen atoms in total. The lowest BCUT2D eigenvalue weighted by atomic mass is 9.98. The van der Waals surface area contributed by atoms with Crippen LogP contribution >= 0.6 is 0 Å². The molecule has 0 saturated carbocycles. The Labute approximate surface area is 212 Å². The maximum Gasteiger partial charge on any atom is 0.326 e. The summed E-state index contributed by atoms with van der Waals surface area (Å²) in [6.45, 7) is 5.18. The molecule has 0 bridgehead atoms. The van der Waals surface area contributed by atoms with Crippen LogP contribution in [0.15, 0.2) is 30.3 Å². The predicted octanol–water partition coefficient (Wildman–Crippen LogP) is -0.349. The van der Waals surface area contributed by atoms with Crippen molar-refractivity contribution in [3.8, 4) is 0 Å². The number of carbonyl (C=O) groups is 4. The minimum Gasteiger partial charge on any atom is -0.480 e. The molecule has 0 fully saturated rings. The van der Waals surface area contributed by atoms with E-state index in [0.29, 0.717) is 25.8 Å². The topological polar surface area (TPSA) is 197 Å². The van der Waals surface area contributed by atoms with Gasteiger partial charge in [-0.15, -0.1) is 0 Å². The molecule has 0 aliphatic carbocycles. The molecule has 1 aromatic rings. The van der Waals surface area contributed by atoms with Crippen LogP contribution in [0.1, 0.15) is 52.0 Å². The van der Waals surface area contributed by atoms with E-state index in [4.69, 9.17) is 11.5 Å². The number of aliphatic hydroxyl groups excluding tert-OH is 1. The van der Waals surface area contributed by atoms with E-state index in [-0.39, 0.29) is 18.8 Å². The summed E-state index contributed by atoms with van der Waals surface area (Å²) in [4.78, 5) is 50.2. The van der Waals surface area contributed by atoms with Gasteiger partial charge in [-0.25, -0.2) is 4.79 Å². The summed E-state index contributed by atoms with van der Waals surface area (Å²) in [5.74, 6) is -3.64. The monoisotopic (exact) mass is 507 g/mol. The molecule has 6 unspecified atom stereocenters. The molecule has 6 atom stereocenters. The van der Waals surface area contributed by atoms with Crippen LogP contribution in [0.4, 0.5) is 0 Å². The fourth-order valence-corrected chi connectivity index (χ4v) is 3.59. The molecular weight excluding hydrogens is 466 g/mol. The number of aliphatic carboxylic acids is 1. The van der Waals surface area contributed by atoms with E-state index in [0.717, 1.165) is 5.56 Å². The Hall–Kier alpha value is -3.02. The number of amides is 3. The molecular formula is C25H41N5O6. The van der Waals surface area contributed by atoms with Gasteiger partial charge in [0.05, 0.1) is 12.1 Å². The molecule has 0 aromatic heterocycles. The van der Waals surface area contributed by atoms with Crippen molar-refractivity contribution in [1.29, 1.82) is 0 Å². The van der Waals surface area contributed by atoms with E-state index in [2.05, 4.69) is 16.0 Å². The van der Waals surface area contributed by atoms with Crippen molar-refractivity contribution in [3.05, 3.63) is 35.9 Å². The zero-order valence-corrected chi connectivity index (χ0v) is 21.3. The molecule has 202 valence electrons. The fourth-order valence-electron chi connectivity index (χ4n) is 3.59. The van der Waals surface area contributed by atoms with Crippen LogP contribution in [0.3, 0.4) is 0 Å². The summed E-state index contributed by atoms with van der Waals surface area (Å²) >= 11 is 0. The van der Waals surface area contributed by atoms with E-state index < -0.39 is 54.0 Å². The molecule has 1 rings (SSSR count). The van der Waals surface area contributed by atoms with Crippen LogP contribution in [0.2, 0.25) is 0 Å². The summed E-state index contributed by atoms with van der Waals surface area (Å²) < 4.78 is 0. The second kappa shape index (κ2) is 15.9. The zero-order valence-electron chi connectivity index (χ0n) is 21.3. The van der Waals surface area contributed by atoms with Gasteiger partial charge >= 0.3 is 5.97 Å². The predicted molar refractivity (Wildman–Crippen MR) is 136 cm³/mol. The first-order chi connectivity index (χ1) is 17.0. The third-order valence-corrected chi connectivity index (χ3v) is 6.05. The molecule has 36 heavy (non-hydrogen) atoms. The van der Waals surface area contributed by atoms with Crippen molar-refractivity contribution in [3.63, 3.8) is 0 Å². The number of aliphatic hydroxyl groups is 1. The Morgan fingerprint density at radius 2 is 1.53 bits per heavy atom. The standard InChI is InChI=1S/C25H41N5O6/c1-4-15(2)20(25(35)36)29-24(34)21(16(3)31)30-23(33)19(12-8-9-13-26)28-22(32)18(27)14-17-10-6-5-7-11-17/h5-7,10-11,15-16,18-21,31H,4,8-9,12-14,26-27H2,1-3H3,(H,28,32)(H,29,34)(H,30,33)(H,35,36). The van der Waals surface area contributed by atoms with Crippen molar-refractivity contribution in [1.82, 2.24) is 16.0 Å². The quantitative estimate of drug-likeness (QED) is 0.147. The number of benzene rings is 1. The Bertz CT molecular complexity index is 851. The average Bonchev–Trinajstić information content (AvgIpc) is 2.84. The molecule has 9 N–H and O–H groups in total. The highest BCUT2D eigenvalue weighted by molar-refractivity contribution is 5.94. The van der Waals surface area contributed by atoms with E-state index in [1.165, 1.54) is 6.92 Å². The fraction of sp³-hybridized carbons (Fsp3) is 0.600. The summed E-state index contributed by atoms with van der Waals surface area (Å²) in [5, 5.41) is 27.1. The summed E-state index contributed by atoms with van der Waals surface area (Å²) in [6, 6.07) is 4.67. The summed E-state index contributed by atoms with van der Waals surface area (Å²) in [7, 11) is 0. The van der Waals surface area contributed by atoms with E-state index in [1.54, 1.807) is 13.8 Å². The minimum absolute atomic E-state index is 0.242. The van der Waals surface area contributed by atoms with E-state index in [9.17, 15) is 29.4 Å². The Morgan fingerprint density at radius 3 is 2.06 bits per heavy atom. The van der Waals surface area contributed by atoms with Gasteiger partial charge in [0.25, 0.3) is 0 Å². The van der Waals surface area contributed by atoms with Gasteiger partial charge < -0.3 is 37.6 Å². The summed E-state index contributed by atoms with van der Waals surface area (Å²) in [5.41, 5.74) is 12.5. The van der Waals surface area contributed by atoms with Gasteiger partial charge in [0.1, 0.15) is 18.1 Å². The van der Waals surface area contributed by atoms with Gasteiger partial charge in [0, 0.05) is 0 Å². The second-order valence-electron chi connectivity index (χ2n) is 9.08. The zero-order chi connectivity index (χ0) is 27.3. The lowest BCUT2D eigenvalue weighted by Gasteiger charge is -2.27. The maximum atomic E-state index is 13.1. The largest absolute Gasteiger partial charge is 0.480 e. The van der Waals surface area contributed by atoms with Crippen LogP contribution in [0, 0.1) is 5.92 Å². The Morgan fingerprint density at radius 1 is 0.917 bits per heavy atom. The Balaban J connectivity index is 2.95. The van der Waals surface area contributed by atoms with Crippen molar-refractivity contribution in [2.45, 2.75) is 83.1 Å². The third kappa shape index (κ3) is 10.3. The van der Waals surface area contributed by atoms with Gasteiger partial charge in [-0.1, -0.05) is 50.6 Å². The second-order valence-corrected chi connectivity index (χ2v) is 9.08. The van der Waals surface area contributed by atoms with Gasteiger partial charge in [0.15, 0.2) is 0 Å². The first-order valence-corrected chi connectivity index (χ1v) is 12.3. The number of hydrogen-bond acceptors (Lipinski definition) is 7. The number of nitrogens with one attached hydrogen (secondary N) is 3. The molecule has 0 radical (unpaired) electrons. The molecule has 0 heterocycles. The van der Waals surface area contributed by atoms with Crippen molar-refractivity contribution >= 4 is 23.7 Å². The van der Waals surface area contributed by atoms with Gasteiger partial charge in [0.2, 0.25) is 17.7 Å². The normalized spacial score (nSPS) is 16.1. The lowest BCUT2D eigenvalue weighted by molar-refractivity contribution is -0.144. The van der Waals surface area contributed by atoms with Crippen LogP contribution < -0.4 is 27.4 Å². The number of carbonyl (C=O) groups excluding carboxylic acids is 3. The smallest absolute Gasteiger partial charge is 0.326 e. The van der Waals surface area contributed by atoms with Gasteiger partial charge in [-0.05, 0) is 50.6 Å². The summed E-state index contributed by atoms with van der Waals surface area (Å²) in [6.07, 6.45) is 0.845. The maximum absolute atomic E-state index is 13.1. The number of carboxylic acid groups (broad SMARTS) is 1. The molecule has 3 amide bonds. The highest BCUT2D eigenvalue weighted by Crippen LogP contribution is 2.10. The highest BCUT2D eigenvalue weighted by Gasteiger charge is 2.33.